The van der Waals surface area contributed by atoms with Gasteiger partial charge in [-0.15, -0.1) is 0 Å². The second-order valence-electron chi connectivity index (χ2n) is 7.03. The molecule has 26 heavy (non-hydrogen) atoms. The van der Waals surface area contributed by atoms with Gasteiger partial charge in [0.05, 0.1) is 0 Å². The van der Waals surface area contributed by atoms with Crippen LogP contribution in [0.15, 0.2) is 48.6 Å². The quantitative estimate of drug-likeness (QED) is 0.366. The minimum atomic E-state index is -1.88. The SMILES string of the molecule is CCC[Si]1(Cl)c2c(C3=CC=CC3)cc3c(c21)[CH]([Zr+2])c1ccccc1-3.[Cl-].[Cl-]. The Bertz CT molecular complexity index is 951. The molecule has 2 aliphatic carbocycles. The number of allylic oxidation sites excluding steroid dienone is 4. The third kappa shape index (κ3) is 2.72. The topological polar surface area (TPSA) is 0 Å². The van der Waals surface area contributed by atoms with Gasteiger partial charge >= 0.3 is 165 Å². The predicted octanol–water partition coefficient (Wildman–Crippen LogP) is -1.32. The number of fused-ring (bicyclic) bond motifs is 5. The van der Waals surface area contributed by atoms with Crippen LogP contribution >= 0.6 is 11.1 Å². The van der Waals surface area contributed by atoms with E-state index in [1.807, 2.05) is 0 Å². The summed E-state index contributed by atoms with van der Waals surface area (Å²) >= 11 is 8.90. The van der Waals surface area contributed by atoms with Crippen molar-refractivity contribution in [3.05, 3.63) is 65.3 Å². The standard InChI is InChI=1S/C21H18ClSi.2ClH.Zr/c1-2-11-23(22)20-17(14-7-3-4-8-14)13-18-16-10-6-5-9-15(16)12-19(18)21(20)23;;;/h3-7,9-10,12-13H,2,8,11H2,1H3;2*1H;/q;;;+2/p-2. The minimum Gasteiger partial charge on any atom is -1.00 e. The minimum absolute atomic E-state index is 0. The fourth-order valence-electron chi connectivity index (χ4n) is 4.59. The van der Waals surface area contributed by atoms with Gasteiger partial charge in [-0.3, -0.25) is 0 Å². The molecule has 0 saturated carbocycles. The fourth-order valence-corrected chi connectivity index (χ4v) is 12.0. The first-order valence-corrected chi connectivity index (χ1v) is 13.4. The molecule has 2 aromatic rings. The van der Waals surface area contributed by atoms with Gasteiger partial charge in [0.1, 0.15) is 0 Å². The summed E-state index contributed by atoms with van der Waals surface area (Å²) in [5.41, 5.74) is 8.95. The van der Waals surface area contributed by atoms with Gasteiger partial charge < -0.3 is 24.8 Å². The van der Waals surface area contributed by atoms with Crippen molar-refractivity contribution in [1.29, 1.82) is 0 Å². The van der Waals surface area contributed by atoms with Gasteiger partial charge in [-0.1, -0.05) is 0 Å². The smallest absolute Gasteiger partial charge is 1.00 e. The second kappa shape index (κ2) is 7.37. The fraction of sp³-hybridized carbons (Fsp3) is 0.238. The molecule has 5 rings (SSSR count). The first-order chi connectivity index (χ1) is 11.7. The van der Waals surface area contributed by atoms with Crippen molar-refractivity contribution < 1.29 is 49.5 Å². The van der Waals surface area contributed by atoms with E-state index in [1.165, 1.54) is 40.3 Å². The molecule has 2 aromatic carbocycles. The van der Waals surface area contributed by atoms with Gasteiger partial charge in [-0.05, 0) is 0 Å². The molecular formula is C21H18Cl3SiZr. The van der Waals surface area contributed by atoms with Gasteiger partial charge in [0.2, 0.25) is 0 Å². The van der Waals surface area contributed by atoms with Crippen molar-refractivity contribution in [1.82, 2.24) is 0 Å². The van der Waals surface area contributed by atoms with Gasteiger partial charge in [-0.25, -0.2) is 0 Å². The Labute approximate surface area is 188 Å². The van der Waals surface area contributed by atoms with E-state index >= 15 is 0 Å². The van der Waals surface area contributed by atoms with Crippen LogP contribution in [-0.4, -0.2) is 7.38 Å². The Balaban J connectivity index is 0.000000980. The van der Waals surface area contributed by atoms with Crippen molar-refractivity contribution in [2.45, 2.75) is 29.4 Å². The molecule has 3 aliphatic rings. The molecule has 0 nitrogen and oxygen atoms in total. The molecule has 0 fully saturated rings. The Morgan fingerprint density at radius 2 is 1.88 bits per heavy atom. The zero-order valence-corrected chi connectivity index (χ0v) is 20.2. The molecule has 0 aromatic heterocycles. The number of hydrogen-bond donors (Lipinski definition) is 0. The summed E-state index contributed by atoms with van der Waals surface area (Å²) in [5.74, 6) is 0. The third-order valence-electron chi connectivity index (χ3n) is 5.66. The van der Waals surface area contributed by atoms with Crippen LogP contribution < -0.4 is 35.2 Å². The summed E-state index contributed by atoms with van der Waals surface area (Å²) in [5, 5.41) is 3.17. The van der Waals surface area contributed by atoms with Crippen LogP contribution in [0.2, 0.25) is 6.04 Å². The molecule has 131 valence electrons. The van der Waals surface area contributed by atoms with Crippen molar-refractivity contribution >= 4 is 34.4 Å². The first-order valence-electron chi connectivity index (χ1n) is 8.74. The predicted molar refractivity (Wildman–Crippen MR) is 101 cm³/mol. The normalized spacial score (nSPS) is 23.4. The van der Waals surface area contributed by atoms with Gasteiger partial charge in [-0.2, -0.15) is 0 Å². The molecule has 0 N–H and O–H groups in total. The maximum atomic E-state index is 7.32. The molecule has 0 radical (unpaired) electrons. The summed E-state index contributed by atoms with van der Waals surface area (Å²) in [7, 11) is -1.88. The third-order valence-corrected chi connectivity index (χ3v) is 12.4. The zero-order valence-electron chi connectivity index (χ0n) is 14.5. The van der Waals surface area contributed by atoms with Gasteiger partial charge in [0.15, 0.2) is 0 Å². The van der Waals surface area contributed by atoms with Crippen LogP contribution in [0.5, 0.6) is 0 Å². The summed E-state index contributed by atoms with van der Waals surface area (Å²) in [4.78, 5) is 0. The second-order valence-corrected chi connectivity index (χ2v) is 13.5. The molecule has 0 bridgehead atoms. The van der Waals surface area contributed by atoms with E-state index in [0.717, 1.165) is 6.42 Å². The average Bonchev–Trinajstić information content (AvgIpc) is 2.98. The monoisotopic (exact) mass is 493 g/mol. The molecule has 0 saturated heterocycles. The van der Waals surface area contributed by atoms with E-state index in [1.54, 1.807) is 40.7 Å². The van der Waals surface area contributed by atoms with Crippen LogP contribution in [0.4, 0.5) is 0 Å². The number of benzene rings is 2. The van der Waals surface area contributed by atoms with Crippen molar-refractivity contribution in [2.75, 3.05) is 0 Å². The maximum Gasteiger partial charge on any atom is -1.00 e. The summed E-state index contributed by atoms with van der Waals surface area (Å²) in [6.07, 6.45) is 8.98. The van der Waals surface area contributed by atoms with E-state index in [0.29, 0.717) is 3.63 Å². The average molecular weight is 496 g/mol. The Morgan fingerprint density at radius 3 is 2.58 bits per heavy atom. The molecular weight excluding hydrogens is 478 g/mol. The molecule has 2 unspecified atom stereocenters. The van der Waals surface area contributed by atoms with E-state index in [2.05, 4.69) is 55.5 Å². The van der Waals surface area contributed by atoms with Crippen molar-refractivity contribution in [3.8, 4) is 11.1 Å². The maximum absolute atomic E-state index is 7.32. The van der Waals surface area contributed by atoms with E-state index in [4.69, 9.17) is 11.1 Å². The number of rotatable bonds is 3. The van der Waals surface area contributed by atoms with Crippen LogP contribution in [0.25, 0.3) is 16.7 Å². The molecule has 0 amide bonds. The van der Waals surface area contributed by atoms with Crippen molar-refractivity contribution in [3.63, 3.8) is 0 Å². The van der Waals surface area contributed by atoms with Crippen LogP contribution in [0, 0.1) is 0 Å². The van der Waals surface area contributed by atoms with Crippen molar-refractivity contribution in [2.24, 2.45) is 0 Å². The van der Waals surface area contributed by atoms with Crippen LogP contribution in [0.1, 0.15) is 40.1 Å². The van der Waals surface area contributed by atoms with Gasteiger partial charge in [0, 0.05) is 0 Å². The van der Waals surface area contributed by atoms with E-state index in [-0.39, 0.29) is 24.8 Å². The zero-order chi connectivity index (χ0) is 16.5. The Morgan fingerprint density at radius 1 is 1.12 bits per heavy atom. The molecule has 2 atom stereocenters. The number of halogens is 3. The molecule has 5 heteroatoms. The summed E-state index contributed by atoms with van der Waals surface area (Å²) in [6.45, 7) is 2.27. The van der Waals surface area contributed by atoms with E-state index < -0.39 is 7.38 Å². The number of hydrogen-bond acceptors (Lipinski definition) is 0. The largest absolute Gasteiger partial charge is 1.00 e. The van der Waals surface area contributed by atoms with Crippen LogP contribution in [0.3, 0.4) is 0 Å². The molecule has 0 spiro atoms. The van der Waals surface area contributed by atoms with Crippen LogP contribution in [-0.2, 0) is 24.7 Å². The summed E-state index contributed by atoms with van der Waals surface area (Å²) < 4.78 is 0.576. The van der Waals surface area contributed by atoms with E-state index in [9.17, 15) is 0 Å². The Hall–Kier alpha value is -0.110. The molecule has 1 heterocycles. The Kier molecular flexibility index (Phi) is 5.85. The summed E-state index contributed by atoms with van der Waals surface area (Å²) in [6, 6.07) is 12.6. The molecule has 1 aliphatic heterocycles. The van der Waals surface area contributed by atoms with Gasteiger partial charge in [0.25, 0.3) is 0 Å². The first kappa shape index (κ1) is 20.6.